The molecule has 5 rings (SSSR count). The van der Waals surface area contributed by atoms with E-state index in [4.69, 9.17) is 0 Å². The van der Waals surface area contributed by atoms with E-state index in [0.717, 1.165) is 23.4 Å². The molecule has 3 nitrogen and oxygen atoms in total. The molecule has 0 saturated carbocycles. The van der Waals surface area contributed by atoms with Gasteiger partial charge in [-0.3, -0.25) is 4.79 Å². The van der Waals surface area contributed by atoms with Crippen molar-refractivity contribution in [1.29, 1.82) is 0 Å². The molecule has 0 spiro atoms. The predicted molar refractivity (Wildman–Crippen MR) is 128 cm³/mol. The summed E-state index contributed by atoms with van der Waals surface area (Å²) in [4.78, 5) is 15.6. The average molecular weight is 409 g/mol. The average Bonchev–Trinajstić information content (AvgIpc) is 3.30. The van der Waals surface area contributed by atoms with Crippen LogP contribution in [0.25, 0.3) is 0 Å². The van der Waals surface area contributed by atoms with Gasteiger partial charge in [-0.1, -0.05) is 66.7 Å². The van der Waals surface area contributed by atoms with Crippen LogP contribution in [0.4, 0.5) is 11.4 Å². The molecule has 1 N–H and O–H groups in total. The summed E-state index contributed by atoms with van der Waals surface area (Å²) in [5, 5.41) is 3.82. The number of amides is 1. The van der Waals surface area contributed by atoms with Crippen LogP contribution in [0.15, 0.2) is 84.9 Å². The predicted octanol–water partition coefficient (Wildman–Crippen LogP) is 6.49. The fraction of sp³-hybridized carbons (Fsp3) is 0.250. The number of carbonyl (C=O) groups is 1. The van der Waals surface area contributed by atoms with E-state index in [1.54, 1.807) is 0 Å². The zero-order chi connectivity index (χ0) is 21.4. The first-order chi connectivity index (χ1) is 15.2. The third-order valence-electron chi connectivity index (χ3n) is 6.78. The fourth-order valence-corrected chi connectivity index (χ4v) is 5.24. The first-order valence-electron chi connectivity index (χ1n) is 11.2. The molecule has 1 amide bonds. The van der Waals surface area contributed by atoms with Crippen LogP contribution in [0.5, 0.6) is 0 Å². The molecule has 3 unspecified atom stereocenters. The van der Waals surface area contributed by atoms with Crippen LogP contribution in [-0.4, -0.2) is 12.5 Å². The van der Waals surface area contributed by atoms with Crippen molar-refractivity contribution in [3.05, 3.63) is 107 Å². The largest absolute Gasteiger partial charge is 0.377 e. The van der Waals surface area contributed by atoms with Crippen molar-refractivity contribution in [1.82, 2.24) is 0 Å². The summed E-state index contributed by atoms with van der Waals surface area (Å²) < 4.78 is 0. The second-order valence-electron chi connectivity index (χ2n) is 8.49. The van der Waals surface area contributed by atoms with Gasteiger partial charge in [0, 0.05) is 18.2 Å². The first-order valence-corrected chi connectivity index (χ1v) is 11.2. The maximum Gasteiger partial charge on any atom is 0.260 e. The van der Waals surface area contributed by atoms with E-state index in [1.807, 2.05) is 54.3 Å². The number of para-hydroxylation sites is 2. The number of rotatable bonds is 4. The SMILES string of the molecule is CCN(C(=O)c1cccc2c1NC(c1ccccc1C)C1CC=CC21)c1ccccc1. The maximum atomic E-state index is 13.7. The lowest BCUT2D eigenvalue weighted by atomic mass is 9.75. The molecular weight excluding hydrogens is 380 g/mol. The van der Waals surface area contributed by atoms with Gasteiger partial charge in [-0.15, -0.1) is 0 Å². The Morgan fingerprint density at radius 3 is 2.48 bits per heavy atom. The third kappa shape index (κ3) is 3.34. The molecule has 1 aliphatic heterocycles. The Kier molecular flexibility index (Phi) is 5.11. The number of fused-ring (bicyclic) bond motifs is 3. The van der Waals surface area contributed by atoms with Crippen LogP contribution in [0.1, 0.15) is 52.4 Å². The van der Waals surface area contributed by atoms with Gasteiger partial charge in [0.2, 0.25) is 0 Å². The van der Waals surface area contributed by atoms with Crippen molar-refractivity contribution >= 4 is 17.3 Å². The number of allylic oxidation sites excluding steroid dienone is 2. The lowest BCUT2D eigenvalue weighted by molar-refractivity contribution is 0.0988. The van der Waals surface area contributed by atoms with Gasteiger partial charge in [0.25, 0.3) is 5.91 Å². The van der Waals surface area contributed by atoms with Crippen molar-refractivity contribution in [2.75, 3.05) is 16.8 Å². The molecule has 2 aliphatic rings. The van der Waals surface area contributed by atoms with Crippen molar-refractivity contribution in [2.45, 2.75) is 32.2 Å². The van der Waals surface area contributed by atoms with Gasteiger partial charge in [0.05, 0.1) is 17.3 Å². The zero-order valence-electron chi connectivity index (χ0n) is 18.1. The summed E-state index contributed by atoms with van der Waals surface area (Å²) in [6.07, 6.45) is 5.69. The molecule has 0 fully saturated rings. The highest BCUT2D eigenvalue weighted by Crippen LogP contribution is 2.51. The summed E-state index contributed by atoms with van der Waals surface area (Å²) in [6.45, 7) is 4.83. The minimum atomic E-state index is 0.0435. The number of benzene rings is 3. The smallest absolute Gasteiger partial charge is 0.260 e. The van der Waals surface area contributed by atoms with E-state index in [-0.39, 0.29) is 11.9 Å². The van der Waals surface area contributed by atoms with Crippen LogP contribution >= 0.6 is 0 Å². The molecule has 3 atom stereocenters. The van der Waals surface area contributed by atoms with Crippen LogP contribution in [0.2, 0.25) is 0 Å². The number of nitrogens with one attached hydrogen (secondary N) is 1. The minimum Gasteiger partial charge on any atom is -0.377 e. The van der Waals surface area contributed by atoms with Gasteiger partial charge in [0.1, 0.15) is 0 Å². The van der Waals surface area contributed by atoms with Crippen LogP contribution in [0, 0.1) is 12.8 Å². The highest BCUT2D eigenvalue weighted by molar-refractivity contribution is 6.10. The number of hydrogen-bond acceptors (Lipinski definition) is 2. The summed E-state index contributed by atoms with van der Waals surface area (Å²) in [7, 11) is 0. The molecule has 0 aromatic heterocycles. The second kappa shape index (κ2) is 8.07. The molecule has 3 aromatic rings. The summed E-state index contributed by atoms with van der Waals surface area (Å²) in [5.41, 5.74) is 6.52. The van der Waals surface area contributed by atoms with E-state index in [2.05, 4.69) is 54.7 Å². The molecule has 3 aromatic carbocycles. The number of hydrogen-bond donors (Lipinski definition) is 1. The molecule has 1 heterocycles. The normalized spacial score (nSPS) is 21.2. The van der Waals surface area contributed by atoms with Gasteiger partial charge in [-0.2, -0.15) is 0 Å². The number of aryl methyl sites for hydroxylation is 1. The number of nitrogens with zero attached hydrogens (tertiary/aromatic N) is 1. The molecule has 0 bridgehead atoms. The second-order valence-corrected chi connectivity index (χ2v) is 8.49. The fourth-order valence-electron chi connectivity index (χ4n) is 5.24. The lowest BCUT2D eigenvalue weighted by Crippen LogP contribution is -2.34. The number of anilines is 2. The van der Waals surface area contributed by atoms with Gasteiger partial charge in [0.15, 0.2) is 0 Å². The van der Waals surface area contributed by atoms with Gasteiger partial charge < -0.3 is 10.2 Å². The van der Waals surface area contributed by atoms with Crippen LogP contribution < -0.4 is 10.2 Å². The van der Waals surface area contributed by atoms with Crippen LogP contribution in [-0.2, 0) is 0 Å². The van der Waals surface area contributed by atoms with Gasteiger partial charge >= 0.3 is 0 Å². The van der Waals surface area contributed by atoms with E-state index in [0.29, 0.717) is 18.4 Å². The van der Waals surface area contributed by atoms with Crippen molar-refractivity contribution in [3.8, 4) is 0 Å². The van der Waals surface area contributed by atoms with Crippen molar-refractivity contribution < 1.29 is 4.79 Å². The molecule has 156 valence electrons. The first kappa shape index (κ1) is 19.6. The molecule has 1 aliphatic carbocycles. The highest BCUT2D eigenvalue weighted by Gasteiger charge is 2.40. The number of carbonyl (C=O) groups excluding carboxylic acids is 1. The van der Waals surface area contributed by atoms with Crippen molar-refractivity contribution in [3.63, 3.8) is 0 Å². The van der Waals surface area contributed by atoms with Crippen molar-refractivity contribution in [2.24, 2.45) is 5.92 Å². The summed E-state index contributed by atoms with van der Waals surface area (Å²) in [6, 6.07) is 24.9. The standard InChI is InChI=1S/C28H28N2O/c1-3-30(20-12-5-4-6-13-20)28(31)25-18-10-17-24-22-15-9-16-23(22)26(29-27(24)25)21-14-8-7-11-19(21)2/h4-15,17-18,22-23,26,29H,3,16H2,1-2H3. The highest BCUT2D eigenvalue weighted by atomic mass is 16.2. The Bertz CT molecular complexity index is 1130. The minimum absolute atomic E-state index is 0.0435. The monoisotopic (exact) mass is 408 g/mol. The molecule has 3 heteroatoms. The van der Waals surface area contributed by atoms with E-state index in [9.17, 15) is 4.79 Å². The molecule has 0 radical (unpaired) electrons. The topological polar surface area (TPSA) is 32.3 Å². The van der Waals surface area contributed by atoms with Crippen LogP contribution in [0.3, 0.4) is 0 Å². The van der Waals surface area contributed by atoms with E-state index in [1.165, 1.54) is 16.7 Å². The summed E-state index contributed by atoms with van der Waals surface area (Å²) >= 11 is 0. The maximum absolute atomic E-state index is 13.7. The quantitative estimate of drug-likeness (QED) is 0.501. The zero-order valence-corrected chi connectivity index (χ0v) is 18.1. The molecule has 31 heavy (non-hydrogen) atoms. The van der Waals surface area contributed by atoms with E-state index < -0.39 is 0 Å². The van der Waals surface area contributed by atoms with Gasteiger partial charge in [-0.25, -0.2) is 0 Å². The lowest BCUT2D eigenvalue weighted by Gasteiger charge is -2.39. The molecule has 0 saturated heterocycles. The molecular formula is C28H28N2O. The Balaban J connectivity index is 1.59. The Morgan fingerprint density at radius 2 is 1.71 bits per heavy atom. The third-order valence-corrected chi connectivity index (χ3v) is 6.78. The Hall–Kier alpha value is -3.33. The van der Waals surface area contributed by atoms with Gasteiger partial charge in [-0.05, 0) is 61.1 Å². The Morgan fingerprint density at radius 1 is 0.968 bits per heavy atom. The summed E-state index contributed by atoms with van der Waals surface area (Å²) in [5.74, 6) is 0.845. The Labute approximate surface area is 184 Å². The van der Waals surface area contributed by atoms with E-state index >= 15 is 0 Å².